The molecule has 18 heavy (non-hydrogen) atoms. The predicted octanol–water partition coefficient (Wildman–Crippen LogP) is 1.96. The average molecular weight is 249 g/mol. The normalized spacial score (nSPS) is 24.9. The van der Waals surface area contributed by atoms with Gasteiger partial charge >= 0.3 is 5.97 Å². The molecule has 0 saturated heterocycles. The third-order valence-electron chi connectivity index (χ3n) is 3.10. The fourth-order valence-corrected chi connectivity index (χ4v) is 2.47. The molecular weight excluding hydrogens is 230 g/mol. The summed E-state index contributed by atoms with van der Waals surface area (Å²) < 4.78 is 11.0. The first-order valence-electron chi connectivity index (χ1n) is 6.14. The lowest BCUT2D eigenvalue weighted by molar-refractivity contribution is -0.153. The van der Waals surface area contributed by atoms with Crippen LogP contribution in [-0.2, 0) is 15.1 Å². The Balaban J connectivity index is 2.50. The molecule has 1 heterocycles. The monoisotopic (exact) mass is 249 g/mol. The van der Waals surface area contributed by atoms with Gasteiger partial charge in [-0.05, 0) is 26.8 Å². The molecule has 0 amide bonds. The summed E-state index contributed by atoms with van der Waals surface area (Å²) in [4.78, 5) is 12.2. The molecule has 0 fully saturated rings. The number of nitrogens with two attached hydrogens (primary N) is 1. The summed E-state index contributed by atoms with van der Waals surface area (Å²) in [6.45, 7) is 5.94. The maximum Gasteiger partial charge on any atom is 0.331 e. The van der Waals surface area contributed by atoms with Crippen LogP contribution in [0.3, 0.4) is 0 Å². The largest absolute Gasteiger partial charge is 0.487 e. The molecule has 0 aromatic heterocycles. The molecule has 4 nitrogen and oxygen atoms in total. The first-order chi connectivity index (χ1) is 8.39. The number of rotatable bonds is 2. The van der Waals surface area contributed by atoms with E-state index in [-0.39, 0.29) is 0 Å². The first-order valence-corrected chi connectivity index (χ1v) is 6.14. The minimum atomic E-state index is -1.13. The number of hydrogen-bond acceptors (Lipinski definition) is 4. The molecule has 0 aliphatic carbocycles. The van der Waals surface area contributed by atoms with Crippen LogP contribution in [0.25, 0.3) is 0 Å². The van der Waals surface area contributed by atoms with Crippen LogP contribution in [0.15, 0.2) is 24.3 Å². The maximum atomic E-state index is 12.2. The van der Waals surface area contributed by atoms with E-state index in [9.17, 15) is 4.79 Å². The molecule has 2 rings (SSSR count). The van der Waals surface area contributed by atoms with Crippen LogP contribution in [0, 0.1) is 0 Å². The molecule has 0 spiro atoms. The van der Waals surface area contributed by atoms with E-state index < -0.39 is 17.1 Å². The third kappa shape index (κ3) is 2.08. The van der Waals surface area contributed by atoms with Gasteiger partial charge in [-0.15, -0.1) is 0 Å². The lowest BCUT2D eigenvalue weighted by atomic mass is 9.78. The van der Waals surface area contributed by atoms with Gasteiger partial charge in [-0.1, -0.05) is 18.2 Å². The Morgan fingerprint density at radius 1 is 1.44 bits per heavy atom. The fraction of sp³-hybridized carbons (Fsp3) is 0.500. The lowest BCUT2D eigenvalue weighted by Gasteiger charge is -2.42. The van der Waals surface area contributed by atoms with E-state index in [0.29, 0.717) is 24.3 Å². The summed E-state index contributed by atoms with van der Waals surface area (Å²) >= 11 is 0. The van der Waals surface area contributed by atoms with Crippen molar-refractivity contribution in [2.75, 3.05) is 6.61 Å². The van der Waals surface area contributed by atoms with Crippen LogP contribution >= 0.6 is 0 Å². The van der Waals surface area contributed by atoms with Gasteiger partial charge in [0.05, 0.1) is 6.61 Å². The summed E-state index contributed by atoms with van der Waals surface area (Å²) in [5.74, 6) is 0.262. The first kappa shape index (κ1) is 12.9. The number of ether oxygens (including phenoxy) is 2. The Labute approximate surface area is 107 Å². The van der Waals surface area contributed by atoms with Crippen molar-refractivity contribution >= 4 is 5.97 Å². The lowest BCUT2D eigenvalue weighted by Crippen LogP contribution is -2.55. The molecule has 1 atom stereocenters. The second-order valence-corrected chi connectivity index (χ2v) is 5.23. The highest BCUT2D eigenvalue weighted by molar-refractivity contribution is 5.84. The molecule has 2 N–H and O–H groups in total. The zero-order valence-electron chi connectivity index (χ0n) is 11.0. The maximum absolute atomic E-state index is 12.2. The number of hydrogen-bond donors (Lipinski definition) is 1. The summed E-state index contributed by atoms with van der Waals surface area (Å²) in [5.41, 5.74) is 5.40. The van der Waals surface area contributed by atoms with Gasteiger partial charge in [0.15, 0.2) is 0 Å². The molecular formula is C14H19NO3. The van der Waals surface area contributed by atoms with Crippen LogP contribution in [0.2, 0.25) is 0 Å². The second kappa shape index (κ2) is 4.28. The van der Waals surface area contributed by atoms with Crippen molar-refractivity contribution in [2.24, 2.45) is 5.73 Å². The Morgan fingerprint density at radius 2 is 2.11 bits per heavy atom. The van der Waals surface area contributed by atoms with Crippen molar-refractivity contribution < 1.29 is 14.3 Å². The predicted molar refractivity (Wildman–Crippen MR) is 68.3 cm³/mol. The van der Waals surface area contributed by atoms with E-state index in [4.69, 9.17) is 15.2 Å². The molecule has 0 saturated carbocycles. The second-order valence-electron chi connectivity index (χ2n) is 5.23. The highest BCUT2D eigenvalue weighted by atomic mass is 16.5. The van der Waals surface area contributed by atoms with E-state index >= 15 is 0 Å². The van der Waals surface area contributed by atoms with Gasteiger partial charge in [0.1, 0.15) is 16.9 Å². The fourth-order valence-electron chi connectivity index (χ4n) is 2.47. The number of carbonyl (C=O) groups is 1. The highest BCUT2D eigenvalue weighted by Gasteiger charge is 2.48. The van der Waals surface area contributed by atoms with Gasteiger partial charge in [-0.25, -0.2) is 4.79 Å². The Morgan fingerprint density at radius 3 is 2.78 bits per heavy atom. The average Bonchev–Trinajstić information content (AvgIpc) is 2.27. The van der Waals surface area contributed by atoms with Gasteiger partial charge in [-0.2, -0.15) is 0 Å². The van der Waals surface area contributed by atoms with Crippen LogP contribution in [0.4, 0.5) is 0 Å². The van der Waals surface area contributed by atoms with Crippen molar-refractivity contribution in [1.82, 2.24) is 0 Å². The Bertz CT molecular complexity index is 470. The zero-order valence-corrected chi connectivity index (χ0v) is 11.0. The minimum absolute atomic E-state index is 0.321. The zero-order chi connectivity index (χ0) is 13.4. The number of esters is 1. The molecule has 0 bridgehead atoms. The van der Waals surface area contributed by atoms with Crippen molar-refractivity contribution in [3.05, 3.63) is 29.8 Å². The molecule has 1 aliphatic heterocycles. The van der Waals surface area contributed by atoms with Crippen LogP contribution in [0.5, 0.6) is 5.75 Å². The van der Waals surface area contributed by atoms with Crippen molar-refractivity contribution in [3.8, 4) is 5.75 Å². The van der Waals surface area contributed by atoms with E-state index in [1.54, 1.807) is 6.92 Å². The van der Waals surface area contributed by atoms with E-state index in [1.165, 1.54) is 0 Å². The molecule has 1 unspecified atom stereocenters. The van der Waals surface area contributed by atoms with E-state index in [0.717, 1.165) is 0 Å². The van der Waals surface area contributed by atoms with Gasteiger partial charge in [0, 0.05) is 12.0 Å². The molecule has 1 aliphatic rings. The van der Waals surface area contributed by atoms with Crippen LogP contribution in [-0.4, -0.2) is 18.2 Å². The van der Waals surface area contributed by atoms with Crippen LogP contribution in [0.1, 0.15) is 32.8 Å². The summed E-state index contributed by atoms with van der Waals surface area (Å²) in [7, 11) is 0. The van der Waals surface area contributed by atoms with Gasteiger partial charge < -0.3 is 15.2 Å². The molecule has 0 radical (unpaired) electrons. The van der Waals surface area contributed by atoms with E-state index in [2.05, 4.69) is 0 Å². The number of carbonyl (C=O) groups excluding carboxylic acids is 1. The van der Waals surface area contributed by atoms with Crippen LogP contribution < -0.4 is 10.5 Å². The summed E-state index contributed by atoms with van der Waals surface area (Å²) in [6, 6.07) is 7.37. The van der Waals surface area contributed by atoms with Crippen molar-refractivity contribution in [3.63, 3.8) is 0 Å². The Kier molecular flexibility index (Phi) is 3.07. The van der Waals surface area contributed by atoms with Gasteiger partial charge in [-0.3, -0.25) is 0 Å². The summed E-state index contributed by atoms with van der Waals surface area (Å²) in [6.07, 6.45) is 0.399. The minimum Gasteiger partial charge on any atom is -0.487 e. The smallest absolute Gasteiger partial charge is 0.331 e. The van der Waals surface area contributed by atoms with Gasteiger partial charge in [0.25, 0.3) is 0 Å². The number of benzene rings is 1. The topological polar surface area (TPSA) is 61.5 Å². The molecule has 1 aromatic carbocycles. The van der Waals surface area contributed by atoms with Gasteiger partial charge in [0.2, 0.25) is 0 Å². The standard InChI is InChI=1S/C14H19NO3/c1-4-17-12(16)14(15)9-13(2,3)18-11-8-6-5-7-10(11)14/h5-8H,4,9,15H2,1-3H3. The summed E-state index contributed by atoms with van der Waals surface area (Å²) in [5, 5.41) is 0. The molecule has 1 aromatic rings. The number of fused-ring (bicyclic) bond motifs is 1. The van der Waals surface area contributed by atoms with Crippen molar-refractivity contribution in [2.45, 2.75) is 38.3 Å². The third-order valence-corrected chi connectivity index (χ3v) is 3.10. The Hall–Kier alpha value is -1.55. The quantitative estimate of drug-likeness (QED) is 0.814. The number of para-hydroxylation sites is 1. The van der Waals surface area contributed by atoms with E-state index in [1.807, 2.05) is 38.1 Å². The SMILES string of the molecule is CCOC(=O)C1(N)CC(C)(C)Oc2ccccc21. The molecule has 4 heteroatoms. The molecule has 98 valence electrons. The highest BCUT2D eigenvalue weighted by Crippen LogP contribution is 2.42. The van der Waals surface area contributed by atoms with Crippen molar-refractivity contribution in [1.29, 1.82) is 0 Å².